The second-order valence-corrected chi connectivity index (χ2v) is 6.55. The highest BCUT2D eigenvalue weighted by molar-refractivity contribution is 4.76. The van der Waals surface area contributed by atoms with Gasteiger partial charge in [0.2, 0.25) is 0 Å². The molecule has 1 aliphatic rings. The first kappa shape index (κ1) is 15.0. The minimum atomic E-state index is 0.265. The molecule has 1 fully saturated rings. The van der Waals surface area contributed by atoms with E-state index in [2.05, 4.69) is 25.7 Å². The van der Waals surface area contributed by atoms with E-state index < -0.39 is 0 Å². The van der Waals surface area contributed by atoms with Crippen molar-refractivity contribution in [3.8, 4) is 0 Å². The lowest BCUT2D eigenvalue weighted by molar-refractivity contribution is 0.160. The van der Waals surface area contributed by atoms with Crippen molar-refractivity contribution in [2.24, 2.45) is 17.1 Å². The Morgan fingerprint density at radius 1 is 1.12 bits per heavy atom. The molecule has 0 aromatic heterocycles. The molecule has 1 rings (SSSR count). The van der Waals surface area contributed by atoms with Crippen LogP contribution in [0.4, 0.5) is 0 Å². The molecule has 2 N–H and O–H groups in total. The molecule has 0 radical (unpaired) electrons. The van der Waals surface area contributed by atoms with Gasteiger partial charge in [0, 0.05) is 13.1 Å². The van der Waals surface area contributed by atoms with E-state index in [9.17, 15) is 0 Å². The van der Waals surface area contributed by atoms with Crippen LogP contribution in [-0.4, -0.2) is 31.1 Å². The maximum atomic E-state index is 5.84. The van der Waals surface area contributed by atoms with Gasteiger partial charge in [0.25, 0.3) is 0 Å². The highest BCUT2D eigenvalue weighted by atomic mass is 15.1. The second-order valence-electron chi connectivity index (χ2n) is 6.55. The SMILES string of the molecule is CCN(CC1CCCCCC1)CC(C)(C)CN. The Kier molecular flexibility index (Phi) is 6.50. The van der Waals surface area contributed by atoms with Crippen molar-refractivity contribution >= 4 is 0 Å². The lowest BCUT2D eigenvalue weighted by Gasteiger charge is -2.33. The summed E-state index contributed by atoms with van der Waals surface area (Å²) in [5.74, 6) is 0.936. The highest BCUT2D eigenvalue weighted by Gasteiger charge is 2.22. The molecule has 2 heteroatoms. The zero-order chi connectivity index (χ0) is 12.7. The molecule has 0 bridgehead atoms. The number of hydrogen-bond acceptors (Lipinski definition) is 2. The Balaban J connectivity index is 2.39. The van der Waals surface area contributed by atoms with Gasteiger partial charge in [-0.1, -0.05) is 46.5 Å². The van der Waals surface area contributed by atoms with E-state index in [1.165, 1.54) is 51.6 Å². The lowest BCUT2D eigenvalue weighted by atomic mass is 9.92. The number of rotatable bonds is 6. The second kappa shape index (κ2) is 7.38. The normalized spacial score (nSPS) is 19.6. The Bertz CT molecular complexity index is 193. The average Bonchev–Trinajstić information content (AvgIpc) is 2.56. The fourth-order valence-electron chi connectivity index (χ4n) is 2.89. The summed E-state index contributed by atoms with van der Waals surface area (Å²) < 4.78 is 0. The van der Waals surface area contributed by atoms with Gasteiger partial charge >= 0.3 is 0 Å². The first-order chi connectivity index (χ1) is 8.07. The number of hydrogen-bond donors (Lipinski definition) is 1. The molecule has 0 amide bonds. The molecule has 0 atom stereocenters. The van der Waals surface area contributed by atoms with E-state index in [1.54, 1.807) is 0 Å². The van der Waals surface area contributed by atoms with Crippen LogP contribution in [0.5, 0.6) is 0 Å². The third-order valence-electron chi connectivity index (χ3n) is 4.14. The quantitative estimate of drug-likeness (QED) is 0.722. The Hall–Kier alpha value is -0.0800. The molecule has 0 aromatic carbocycles. The summed E-state index contributed by atoms with van der Waals surface area (Å²) in [6, 6.07) is 0. The van der Waals surface area contributed by atoms with E-state index in [-0.39, 0.29) is 5.41 Å². The van der Waals surface area contributed by atoms with E-state index in [0.717, 1.165) is 19.0 Å². The van der Waals surface area contributed by atoms with Crippen molar-refractivity contribution in [3.05, 3.63) is 0 Å². The summed E-state index contributed by atoms with van der Waals surface area (Å²) in [6.45, 7) is 11.2. The molecule has 2 nitrogen and oxygen atoms in total. The van der Waals surface area contributed by atoms with Gasteiger partial charge in [0.05, 0.1) is 0 Å². The van der Waals surface area contributed by atoms with Gasteiger partial charge in [-0.25, -0.2) is 0 Å². The predicted molar refractivity (Wildman–Crippen MR) is 76.1 cm³/mol. The van der Waals surface area contributed by atoms with Crippen LogP contribution in [0.15, 0.2) is 0 Å². The minimum absolute atomic E-state index is 0.265. The number of nitrogens with zero attached hydrogens (tertiary/aromatic N) is 1. The van der Waals surface area contributed by atoms with Gasteiger partial charge in [-0.3, -0.25) is 0 Å². The van der Waals surface area contributed by atoms with Crippen molar-refractivity contribution in [2.75, 3.05) is 26.2 Å². The van der Waals surface area contributed by atoms with Gasteiger partial charge < -0.3 is 10.6 Å². The third-order valence-corrected chi connectivity index (χ3v) is 4.14. The van der Waals surface area contributed by atoms with Crippen LogP contribution in [0.3, 0.4) is 0 Å². The molecule has 0 aliphatic heterocycles. The summed E-state index contributed by atoms with van der Waals surface area (Å²) in [5.41, 5.74) is 6.11. The summed E-state index contributed by atoms with van der Waals surface area (Å²) in [7, 11) is 0. The maximum absolute atomic E-state index is 5.84. The predicted octanol–water partition coefficient (Wildman–Crippen LogP) is 3.26. The summed E-state index contributed by atoms with van der Waals surface area (Å²) in [6.07, 6.45) is 8.69. The summed E-state index contributed by atoms with van der Waals surface area (Å²) in [4.78, 5) is 2.61. The molecule has 102 valence electrons. The van der Waals surface area contributed by atoms with E-state index >= 15 is 0 Å². The van der Waals surface area contributed by atoms with Crippen LogP contribution in [0.2, 0.25) is 0 Å². The summed E-state index contributed by atoms with van der Waals surface area (Å²) in [5, 5.41) is 0. The van der Waals surface area contributed by atoms with Crippen LogP contribution in [0, 0.1) is 11.3 Å². The van der Waals surface area contributed by atoms with E-state index in [0.29, 0.717) is 0 Å². The first-order valence-electron chi connectivity index (χ1n) is 7.50. The number of nitrogens with two attached hydrogens (primary N) is 1. The van der Waals surface area contributed by atoms with Crippen LogP contribution >= 0.6 is 0 Å². The molecule has 17 heavy (non-hydrogen) atoms. The van der Waals surface area contributed by atoms with Crippen molar-refractivity contribution in [2.45, 2.75) is 59.3 Å². The highest BCUT2D eigenvalue weighted by Crippen LogP contribution is 2.25. The minimum Gasteiger partial charge on any atom is -0.330 e. The Morgan fingerprint density at radius 3 is 2.18 bits per heavy atom. The van der Waals surface area contributed by atoms with Crippen molar-refractivity contribution in [1.82, 2.24) is 4.90 Å². The molecule has 0 saturated heterocycles. The maximum Gasteiger partial charge on any atom is 0.00447 e. The van der Waals surface area contributed by atoms with Gasteiger partial charge in [-0.2, -0.15) is 0 Å². The average molecular weight is 240 g/mol. The van der Waals surface area contributed by atoms with Crippen LogP contribution in [0.1, 0.15) is 59.3 Å². The molecule has 0 spiro atoms. The molecule has 1 aliphatic carbocycles. The van der Waals surface area contributed by atoms with Gasteiger partial charge in [-0.15, -0.1) is 0 Å². The molecule has 0 heterocycles. The van der Waals surface area contributed by atoms with E-state index in [4.69, 9.17) is 5.73 Å². The lowest BCUT2D eigenvalue weighted by Crippen LogP contribution is -2.40. The molecule has 1 saturated carbocycles. The van der Waals surface area contributed by atoms with Crippen molar-refractivity contribution in [1.29, 1.82) is 0 Å². The van der Waals surface area contributed by atoms with Gasteiger partial charge in [0.15, 0.2) is 0 Å². The van der Waals surface area contributed by atoms with Crippen molar-refractivity contribution < 1.29 is 0 Å². The van der Waals surface area contributed by atoms with Gasteiger partial charge in [-0.05, 0) is 37.3 Å². The third kappa shape index (κ3) is 5.87. The van der Waals surface area contributed by atoms with Crippen LogP contribution in [-0.2, 0) is 0 Å². The van der Waals surface area contributed by atoms with Crippen LogP contribution in [0.25, 0.3) is 0 Å². The Morgan fingerprint density at radius 2 is 1.71 bits per heavy atom. The zero-order valence-corrected chi connectivity index (χ0v) is 12.2. The van der Waals surface area contributed by atoms with Crippen LogP contribution < -0.4 is 5.73 Å². The monoisotopic (exact) mass is 240 g/mol. The van der Waals surface area contributed by atoms with Gasteiger partial charge in [0.1, 0.15) is 0 Å². The Labute approximate surface area is 108 Å². The first-order valence-corrected chi connectivity index (χ1v) is 7.50. The molecular formula is C15H32N2. The molecule has 0 aromatic rings. The molecule has 0 unspecified atom stereocenters. The standard InChI is InChI=1S/C15H32N2/c1-4-17(13-15(2,3)12-16)11-14-9-7-5-6-8-10-14/h14H,4-13,16H2,1-3H3. The molecular weight excluding hydrogens is 208 g/mol. The fourth-order valence-corrected chi connectivity index (χ4v) is 2.89. The van der Waals surface area contributed by atoms with E-state index in [1.807, 2.05) is 0 Å². The topological polar surface area (TPSA) is 29.3 Å². The fraction of sp³-hybridized carbons (Fsp3) is 1.00. The smallest absolute Gasteiger partial charge is 0.00447 e. The largest absolute Gasteiger partial charge is 0.330 e. The zero-order valence-electron chi connectivity index (χ0n) is 12.2. The summed E-state index contributed by atoms with van der Waals surface area (Å²) >= 11 is 0. The van der Waals surface area contributed by atoms with Crippen molar-refractivity contribution in [3.63, 3.8) is 0 Å².